The predicted octanol–water partition coefficient (Wildman–Crippen LogP) is 3.47. The van der Waals surface area contributed by atoms with Gasteiger partial charge >= 0.3 is 0 Å². The molecule has 0 aliphatic heterocycles. The van der Waals surface area contributed by atoms with Crippen LogP contribution in [0.1, 0.15) is 37.5 Å². The van der Waals surface area contributed by atoms with Crippen molar-refractivity contribution in [3.8, 4) is 6.07 Å². The Morgan fingerprint density at radius 1 is 1.26 bits per heavy atom. The summed E-state index contributed by atoms with van der Waals surface area (Å²) in [5.41, 5.74) is 0.819. The Bertz CT molecular complexity index is 1430. The zero-order valence-electron chi connectivity index (χ0n) is 18.2. The molecule has 174 valence electrons. The van der Waals surface area contributed by atoms with Crippen LogP contribution < -0.4 is 16.1 Å². The van der Waals surface area contributed by atoms with Gasteiger partial charge in [0.2, 0.25) is 11.1 Å². The van der Waals surface area contributed by atoms with Gasteiger partial charge in [-0.25, -0.2) is 0 Å². The van der Waals surface area contributed by atoms with Crippen molar-refractivity contribution < 1.29 is 14.3 Å². The zero-order valence-corrected chi connectivity index (χ0v) is 19.7. The lowest BCUT2D eigenvalue weighted by molar-refractivity contribution is 0.0949. The highest BCUT2D eigenvalue weighted by Crippen LogP contribution is 2.22. The normalized spacial score (nSPS) is 11.9. The average Bonchev–Trinajstić information content (AvgIpc) is 3.49. The summed E-state index contributed by atoms with van der Waals surface area (Å²) in [5, 5.41) is 25.9. The van der Waals surface area contributed by atoms with E-state index < -0.39 is 17.4 Å². The summed E-state index contributed by atoms with van der Waals surface area (Å²) in [6, 6.07) is 14.1. The van der Waals surface area contributed by atoms with Gasteiger partial charge in [0.1, 0.15) is 28.4 Å². The Morgan fingerprint density at radius 2 is 2.03 bits per heavy atom. The number of aliphatic hydroxyl groups is 1. The number of nitrogens with zero attached hydrogens (tertiary/aromatic N) is 2. The van der Waals surface area contributed by atoms with E-state index >= 15 is 0 Å². The number of hydrogen-bond acceptors (Lipinski definition) is 7. The number of aryl methyl sites for hydroxylation is 1. The fraction of sp³-hybridized carbons (Fsp3) is 0.208. The molecule has 0 aliphatic rings. The topological polar surface area (TPSA) is 120 Å². The number of aliphatic hydroxyl groups excluding tert-OH is 1. The molecule has 1 unspecified atom stereocenters. The van der Waals surface area contributed by atoms with E-state index in [1.165, 1.54) is 17.5 Å². The first-order chi connectivity index (χ1) is 16.4. The fourth-order valence-corrected chi connectivity index (χ4v) is 4.38. The monoisotopic (exact) mass is 496 g/mol. The molecule has 0 fully saturated rings. The number of rotatable bonds is 8. The minimum absolute atomic E-state index is 0.0192. The van der Waals surface area contributed by atoms with Crippen LogP contribution in [0.3, 0.4) is 0 Å². The van der Waals surface area contributed by atoms with Crippen LogP contribution in [0, 0.1) is 11.3 Å². The summed E-state index contributed by atoms with van der Waals surface area (Å²) in [6.45, 7) is 0.789. The average molecular weight is 497 g/mol. The molecule has 3 heterocycles. The molecular weight excluding hydrogens is 476 g/mol. The molecule has 0 spiro atoms. The minimum atomic E-state index is -0.765. The van der Waals surface area contributed by atoms with Gasteiger partial charge in [0.15, 0.2) is 0 Å². The van der Waals surface area contributed by atoms with Crippen molar-refractivity contribution in [3.63, 3.8) is 0 Å². The summed E-state index contributed by atoms with van der Waals surface area (Å²) < 4.78 is 7.40. The molecule has 0 saturated heterocycles. The predicted molar refractivity (Wildman–Crippen MR) is 130 cm³/mol. The second-order valence-electron chi connectivity index (χ2n) is 7.68. The van der Waals surface area contributed by atoms with Crippen LogP contribution in [0.2, 0.25) is 5.02 Å². The number of carbonyl (C=O) groups is 1. The molecule has 0 aliphatic carbocycles. The minimum Gasteiger partial charge on any atom is -0.443 e. The largest absolute Gasteiger partial charge is 0.443 e. The SMILES string of the molecule is Cn1cc(C(=O)NCc2ccc(Cl)cc2)c(=O)c2cc(CNCC(O)c3ccc(C#N)s3)oc21. The van der Waals surface area contributed by atoms with Gasteiger partial charge in [0, 0.05) is 36.2 Å². The van der Waals surface area contributed by atoms with Crippen LogP contribution in [0.25, 0.3) is 11.1 Å². The highest BCUT2D eigenvalue weighted by atomic mass is 35.5. The Labute approximate surface area is 204 Å². The molecule has 34 heavy (non-hydrogen) atoms. The second-order valence-corrected chi connectivity index (χ2v) is 9.24. The van der Waals surface area contributed by atoms with Crippen molar-refractivity contribution in [1.82, 2.24) is 15.2 Å². The number of hydrogen-bond donors (Lipinski definition) is 3. The van der Waals surface area contributed by atoms with Gasteiger partial charge in [0.25, 0.3) is 5.91 Å². The maximum atomic E-state index is 13.0. The number of nitrogens with one attached hydrogen (secondary N) is 2. The maximum absolute atomic E-state index is 13.0. The number of halogens is 1. The Balaban J connectivity index is 1.43. The van der Waals surface area contributed by atoms with Gasteiger partial charge in [-0.1, -0.05) is 23.7 Å². The number of pyridine rings is 1. The van der Waals surface area contributed by atoms with E-state index in [-0.39, 0.29) is 25.2 Å². The van der Waals surface area contributed by atoms with E-state index in [0.29, 0.717) is 31.6 Å². The van der Waals surface area contributed by atoms with Crippen molar-refractivity contribution in [2.75, 3.05) is 6.54 Å². The first kappa shape index (κ1) is 23.7. The summed E-state index contributed by atoms with van der Waals surface area (Å²) in [5.74, 6) is 0.0200. The van der Waals surface area contributed by atoms with Crippen molar-refractivity contribution in [3.05, 3.63) is 90.5 Å². The Kier molecular flexibility index (Phi) is 7.14. The molecule has 3 N–H and O–H groups in total. The third-order valence-corrected chi connectivity index (χ3v) is 6.55. The number of fused-ring (bicyclic) bond motifs is 1. The number of aromatic nitrogens is 1. The van der Waals surface area contributed by atoms with Gasteiger partial charge in [-0.05, 0) is 35.9 Å². The number of benzene rings is 1. The molecular formula is C24H21ClN4O4S. The Hall–Kier alpha value is -3.42. The van der Waals surface area contributed by atoms with Crippen LogP contribution in [-0.4, -0.2) is 22.1 Å². The van der Waals surface area contributed by atoms with Gasteiger partial charge in [0.05, 0.1) is 11.9 Å². The number of furan rings is 1. The Morgan fingerprint density at radius 3 is 2.74 bits per heavy atom. The summed E-state index contributed by atoms with van der Waals surface area (Å²) >= 11 is 7.12. The highest BCUT2D eigenvalue weighted by Gasteiger charge is 2.18. The fourth-order valence-electron chi connectivity index (χ4n) is 3.47. The van der Waals surface area contributed by atoms with E-state index in [4.69, 9.17) is 21.3 Å². The number of nitriles is 1. The number of thiophene rings is 1. The molecule has 0 saturated carbocycles. The molecule has 4 rings (SSSR count). The van der Waals surface area contributed by atoms with Crippen molar-refractivity contribution in [2.24, 2.45) is 7.05 Å². The smallest absolute Gasteiger partial charge is 0.257 e. The van der Waals surface area contributed by atoms with Crippen LogP contribution in [0.4, 0.5) is 0 Å². The second kappa shape index (κ2) is 10.2. The third-order valence-electron chi connectivity index (χ3n) is 5.21. The first-order valence-electron chi connectivity index (χ1n) is 10.4. The summed E-state index contributed by atoms with van der Waals surface area (Å²) in [6.07, 6.45) is 0.689. The highest BCUT2D eigenvalue weighted by molar-refractivity contribution is 7.12. The molecule has 1 aromatic carbocycles. The van der Waals surface area contributed by atoms with E-state index in [1.54, 1.807) is 54.1 Å². The lowest BCUT2D eigenvalue weighted by atomic mass is 10.2. The van der Waals surface area contributed by atoms with Crippen LogP contribution in [0.15, 0.2) is 57.9 Å². The molecule has 8 nitrogen and oxygen atoms in total. The standard InChI is InChI=1S/C24H21ClN4O4S/c1-29-13-19(23(32)28-10-14-2-4-15(25)5-3-14)22(31)18-8-16(33-24(18)29)11-27-12-20(30)21-7-6-17(9-26)34-21/h2-8,13,20,27,30H,10-12H2,1H3,(H,28,32). The third kappa shape index (κ3) is 5.21. The van der Waals surface area contributed by atoms with Gasteiger partial charge in [-0.15, -0.1) is 11.3 Å². The van der Waals surface area contributed by atoms with Gasteiger partial charge < -0.3 is 24.7 Å². The number of carbonyl (C=O) groups excluding carboxylic acids is 1. The van der Waals surface area contributed by atoms with Crippen molar-refractivity contribution in [2.45, 2.75) is 19.2 Å². The maximum Gasteiger partial charge on any atom is 0.257 e. The van der Waals surface area contributed by atoms with Gasteiger partial charge in [-0.3, -0.25) is 9.59 Å². The van der Waals surface area contributed by atoms with E-state index in [2.05, 4.69) is 10.6 Å². The van der Waals surface area contributed by atoms with E-state index in [1.807, 2.05) is 6.07 Å². The van der Waals surface area contributed by atoms with Crippen LogP contribution in [0.5, 0.6) is 0 Å². The zero-order chi connectivity index (χ0) is 24.2. The molecule has 1 atom stereocenters. The van der Waals surface area contributed by atoms with Crippen molar-refractivity contribution >= 4 is 39.9 Å². The lowest BCUT2D eigenvalue weighted by Gasteiger charge is -2.08. The van der Waals surface area contributed by atoms with Gasteiger partial charge in [-0.2, -0.15) is 5.26 Å². The van der Waals surface area contributed by atoms with E-state index in [0.717, 1.165) is 5.56 Å². The van der Waals surface area contributed by atoms with Crippen LogP contribution in [-0.2, 0) is 20.1 Å². The quantitative estimate of drug-likeness (QED) is 0.343. The number of amides is 1. The molecule has 1 amide bonds. The molecule has 0 bridgehead atoms. The molecule has 0 radical (unpaired) electrons. The van der Waals surface area contributed by atoms with Crippen molar-refractivity contribution in [1.29, 1.82) is 5.26 Å². The first-order valence-corrected chi connectivity index (χ1v) is 11.6. The molecule has 10 heteroatoms. The lowest BCUT2D eigenvalue weighted by Crippen LogP contribution is -2.29. The molecule has 3 aromatic heterocycles. The van der Waals surface area contributed by atoms with Crippen LogP contribution >= 0.6 is 22.9 Å². The summed E-state index contributed by atoms with van der Waals surface area (Å²) in [4.78, 5) is 26.9. The summed E-state index contributed by atoms with van der Waals surface area (Å²) in [7, 11) is 1.70. The van der Waals surface area contributed by atoms with E-state index in [9.17, 15) is 14.7 Å². The molecule has 4 aromatic rings.